The molecule has 2 N–H and O–H groups in total. The number of nitrogens with zero attached hydrogens (tertiary/aromatic N) is 1. The molecular weight excluding hydrogens is 204 g/mol. The third-order valence-corrected chi connectivity index (χ3v) is 3.18. The number of morpholine rings is 1. The van der Waals surface area contributed by atoms with Crippen LogP contribution in [0.4, 0.5) is 0 Å². The molecule has 0 radical (unpaired) electrons. The first kappa shape index (κ1) is 13.5. The topological polar surface area (TPSA) is 55.6 Å². The van der Waals surface area contributed by atoms with E-state index in [1.54, 1.807) is 0 Å². The van der Waals surface area contributed by atoms with Gasteiger partial charge >= 0.3 is 0 Å². The van der Waals surface area contributed by atoms with Crippen LogP contribution in [0, 0.1) is 5.41 Å². The predicted molar refractivity (Wildman–Crippen MR) is 64.0 cm³/mol. The summed E-state index contributed by atoms with van der Waals surface area (Å²) in [6.07, 6.45) is 0.919. The highest BCUT2D eigenvalue weighted by molar-refractivity contribution is 5.82. The van der Waals surface area contributed by atoms with Gasteiger partial charge in [-0.25, -0.2) is 0 Å². The number of carbonyl (C=O) groups excluding carboxylic acids is 1. The molecule has 4 nitrogen and oxygen atoms in total. The first-order valence-electron chi connectivity index (χ1n) is 6.01. The van der Waals surface area contributed by atoms with E-state index in [4.69, 9.17) is 10.5 Å². The van der Waals surface area contributed by atoms with Crippen molar-refractivity contribution in [1.82, 2.24) is 4.90 Å². The first-order valence-corrected chi connectivity index (χ1v) is 6.01. The molecule has 0 aromatic carbocycles. The van der Waals surface area contributed by atoms with E-state index in [2.05, 4.69) is 6.92 Å². The van der Waals surface area contributed by atoms with Crippen LogP contribution in [0.25, 0.3) is 0 Å². The minimum atomic E-state index is -0.431. The largest absolute Gasteiger partial charge is 0.377 e. The van der Waals surface area contributed by atoms with Gasteiger partial charge in [0.1, 0.15) is 0 Å². The molecule has 4 heteroatoms. The molecule has 0 aliphatic carbocycles. The Bertz CT molecular complexity index is 248. The average molecular weight is 228 g/mol. The molecule has 1 amide bonds. The Morgan fingerprint density at radius 3 is 2.69 bits per heavy atom. The molecule has 0 saturated carbocycles. The molecule has 1 saturated heterocycles. The van der Waals surface area contributed by atoms with Crippen molar-refractivity contribution in [2.24, 2.45) is 11.1 Å². The van der Waals surface area contributed by atoms with E-state index in [1.165, 1.54) is 0 Å². The fourth-order valence-electron chi connectivity index (χ4n) is 1.83. The molecule has 1 rings (SSSR count). The highest BCUT2D eigenvalue weighted by Crippen LogP contribution is 2.21. The van der Waals surface area contributed by atoms with Crippen molar-refractivity contribution in [3.63, 3.8) is 0 Å². The summed E-state index contributed by atoms with van der Waals surface area (Å²) in [6, 6.07) is -0.241. The minimum Gasteiger partial charge on any atom is -0.377 e. The Balaban J connectivity index is 2.71. The predicted octanol–water partition coefficient (Wildman–Crippen LogP) is 0.997. The van der Waals surface area contributed by atoms with Gasteiger partial charge in [0.2, 0.25) is 5.91 Å². The van der Waals surface area contributed by atoms with Gasteiger partial charge in [-0.15, -0.1) is 0 Å². The Morgan fingerprint density at radius 2 is 2.19 bits per heavy atom. The van der Waals surface area contributed by atoms with E-state index < -0.39 is 6.04 Å². The summed E-state index contributed by atoms with van der Waals surface area (Å²) in [6.45, 7) is 9.99. The lowest BCUT2D eigenvalue weighted by molar-refractivity contribution is -0.143. The van der Waals surface area contributed by atoms with Crippen molar-refractivity contribution in [1.29, 1.82) is 0 Å². The Kier molecular flexibility index (Phi) is 4.33. The fraction of sp³-hybridized carbons (Fsp3) is 0.917. The van der Waals surface area contributed by atoms with Gasteiger partial charge in [0.05, 0.1) is 25.3 Å². The average Bonchev–Trinajstić information content (AvgIpc) is 2.25. The van der Waals surface area contributed by atoms with Crippen molar-refractivity contribution >= 4 is 5.91 Å². The third-order valence-electron chi connectivity index (χ3n) is 3.18. The van der Waals surface area contributed by atoms with E-state index in [-0.39, 0.29) is 17.4 Å². The van der Waals surface area contributed by atoms with Crippen LogP contribution < -0.4 is 5.73 Å². The molecule has 1 aliphatic rings. The summed E-state index contributed by atoms with van der Waals surface area (Å²) >= 11 is 0. The minimum absolute atomic E-state index is 0.0580. The SMILES string of the molecule is CCC1COCCN1C(=O)[C@H](N)C(C)(C)C. The zero-order chi connectivity index (χ0) is 12.3. The number of ether oxygens (including phenoxy) is 1. The fourth-order valence-corrected chi connectivity index (χ4v) is 1.83. The molecule has 0 spiro atoms. The third kappa shape index (κ3) is 2.95. The van der Waals surface area contributed by atoms with Gasteiger partial charge in [0.15, 0.2) is 0 Å². The standard InChI is InChI=1S/C12H24N2O2/c1-5-9-8-16-7-6-14(9)11(15)10(13)12(2,3)4/h9-10H,5-8,13H2,1-4H3/t9?,10-/m0/s1. The van der Waals surface area contributed by atoms with Crippen LogP contribution >= 0.6 is 0 Å². The zero-order valence-corrected chi connectivity index (χ0v) is 10.8. The molecule has 1 unspecified atom stereocenters. The van der Waals surface area contributed by atoms with Gasteiger partial charge in [0.25, 0.3) is 0 Å². The molecule has 94 valence electrons. The van der Waals surface area contributed by atoms with E-state index in [0.29, 0.717) is 19.8 Å². The van der Waals surface area contributed by atoms with Crippen LogP contribution in [-0.2, 0) is 9.53 Å². The van der Waals surface area contributed by atoms with Crippen LogP contribution in [0.1, 0.15) is 34.1 Å². The lowest BCUT2D eigenvalue weighted by Gasteiger charge is -2.39. The van der Waals surface area contributed by atoms with Crippen molar-refractivity contribution in [3.05, 3.63) is 0 Å². The number of carbonyl (C=O) groups is 1. The Hall–Kier alpha value is -0.610. The second kappa shape index (κ2) is 5.15. The van der Waals surface area contributed by atoms with Gasteiger partial charge in [0, 0.05) is 6.54 Å². The van der Waals surface area contributed by atoms with Gasteiger partial charge in [-0.05, 0) is 11.8 Å². The van der Waals surface area contributed by atoms with Gasteiger partial charge in [-0.2, -0.15) is 0 Å². The van der Waals surface area contributed by atoms with Crippen LogP contribution in [0.2, 0.25) is 0 Å². The Morgan fingerprint density at radius 1 is 1.56 bits per heavy atom. The summed E-state index contributed by atoms with van der Waals surface area (Å²) in [7, 11) is 0. The molecule has 16 heavy (non-hydrogen) atoms. The molecule has 1 aliphatic heterocycles. The summed E-state index contributed by atoms with van der Waals surface area (Å²) in [5, 5.41) is 0. The molecule has 2 atom stereocenters. The number of hydrogen-bond donors (Lipinski definition) is 1. The maximum atomic E-state index is 12.3. The highest BCUT2D eigenvalue weighted by atomic mass is 16.5. The molecule has 1 heterocycles. The van der Waals surface area contributed by atoms with E-state index in [1.807, 2.05) is 25.7 Å². The monoisotopic (exact) mass is 228 g/mol. The normalized spacial score (nSPS) is 24.3. The quantitative estimate of drug-likeness (QED) is 0.767. The number of amides is 1. The summed E-state index contributed by atoms with van der Waals surface area (Å²) in [4.78, 5) is 14.1. The second-order valence-electron chi connectivity index (χ2n) is 5.51. The molecule has 0 aromatic rings. The lowest BCUT2D eigenvalue weighted by atomic mass is 9.86. The molecular formula is C12H24N2O2. The molecule has 0 aromatic heterocycles. The van der Waals surface area contributed by atoms with Crippen molar-refractivity contribution in [3.8, 4) is 0 Å². The number of nitrogens with two attached hydrogens (primary N) is 1. The van der Waals surface area contributed by atoms with Gasteiger partial charge < -0.3 is 15.4 Å². The number of hydrogen-bond acceptors (Lipinski definition) is 3. The molecule has 0 bridgehead atoms. The van der Waals surface area contributed by atoms with Crippen LogP contribution in [-0.4, -0.2) is 42.6 Å². The first-order chi connectivity index (χ1) is 7.38. The second-order valence-corrected chi connectivity index (χ2v) is 5.51. The van der Waals surface area contributed by atoms with E-state index in [0.717, 1.165) is 6.42 Å². The highest BCUT2D eigenvalue weighted by Gasteiger charge is 2.34. The lowest BCUT2D eigenvalue weighted by Crippen LogP contribution is -2.57. The van der Waals surface area contributed by atoms with Gasteiger partial charge in [-0.1, -0.05) is 27.7 Å². The maximum absolute atomic E-state index is 12.3. The smallest absolute Gasteiger partial charge is 0.240 e. The van der Waals surface area contributed by atoms with Gasteiger partial charge in [-0.3, -0.25) is 4.79 Å². The van der Waals surface area contributed by atoms with Crippen molar-refractivity contribution in [2.75, 3.05) is 19.8 Å². The molecule has 1 fully saturated rings. The zero-order valence-electron chi connectivity index (χ0n) is 10.8. The van der Waals surface area contributed by atoms with Crippen molar-refractivity contribution in [2.45, 2.75) is 46.2 Å². The maximum Gasteiger partial charge on any atom is 0.240 e. The van der Waals surface area contributed by atoms with Crippen LogP contribution in [0.5, 0.6) is 0 Å². The Labute approximate surface area is 98.1 Å². The summed E-state index contributed by atoms with van der Waals surface area (Å²) in [5.74, 6) is 0.0580. The van der Waals surface area contributed by atoms with Crippen LogP contribution in [0.15, 0.2) is 0 Å². The van der Waals surface area contributed by atoms with Crippen LogP contribution in [0.3, 0.4) is 0 Å². The summed E-state index contributed by atoms with van der Waals surface area (Å²) in [5.41, 5.74) is 5.82. The van der Waals surface area contributed by atoms with E-state index in [9.17, 15) is 4.79 Å². The summed E-state index contributed by atoms with van der Waals surface area (Å²) < 4.78 is 5.38. The van der Waals surface area contributed by atoms with E-state index >= 15 is 0 Å². The van der Waals surface area contributed by atoms with Crippen molar-refractivity contribution < 1.29 is 9.53 Å². The number of rotatable bonds is 2.